The number of hydrogen-bond acceptors (Lipinski definition) is 2. The van der Waals surface area contributed by atoms with Crippen molar-refractivity contribution in [1.82, 2.24) is 0 Å². The van der Waals surface area contributed by atoms with E-state index in [2.05, 4.69) is 26.0 Å². The summed E-state index contributed by atoms with van der Waals surface area (Å²) >= 11 is 8.86. The molecular formula is C14H8BrClF3NO2. The molecule has 8 heteroatoms. The molecule has 2 aromatic carbocycles. The fourth-order valence-corrected chi connectivity index (χ4v) is 2.59. The maximum atomic E-state index is 13.1. The smallest absolute Gasteiger partial charge is 0.387 e. The van der Waals surface area contributed by atoms with Crippen molar-refractivity contribution in [1.29, 1.82) is 0 Å². The molecule has 1 amide bonds. The van der Waals surface area contributed by atoms with E-state index in [1.54, 1.807) is 0 Å². The Morgan fingerprint density at radius 1 is 1.27 bits per heavy atom. The molecule has 1 N–H and O–H groups in total. The van der Waals surface area contributed by atoms with Gasteiger partial charge in [0.1, 0.15) is 5.82 Å². The van der Waals surface area contributed by atoms with Crippen molar-refractivity contribution in [3.63, 3.8) is 0 Å². The van der Waals surface area contributed by atoms with Gasteiger partial charge in [-0.1, -0.05) is 17.7 Å². The zero-order valence-corrected chi connectivity index (χ0v) is 13.1. The lowest BCUT2D eigenvalue weighted by Crippen LogP contribution is -2.14. The fraction of sp³-hybridized carbons (Fsp3) is 0.0714. The fourth-order valence-electron chi connectivity index (χ4n) is 1.69. The number of benzene rings is 2. The Bertz CT molecular complexity index is 712. The maximum absolute atomic E-state index is 13.1. The minimum atomic E-state index is -3.08. The van der Waals surface area contributed by atoms with Crippen LogP contribution in [0.1, 0.15) is 10.4 Å². The van der Waals surface area contributed by atoms with Gasteiger partial charge in [-0.2, -0.15) is 8.78 Å². The minimum Gasteiger partial charge on any atom is -0.431 e. The molecule has 2 rings (SSSR count). The molecule has 0 bridgehead atoms. The molecular weight excluding hydrogens is 387 g/mol. The number of carbonyl (C=O) groups is 1. The number of halogens is 5. The molecule has 3 nitrogen and oxygen atoms in total. The Kier molecular flexibility index (Phi) is 5.31. The average molecular weight is 395 g/mol. The summed E-state index contributed by atoms with van der Waals surface area (Å²) in [4.78, 5) is 12.0. The highest BCUT2D eigenvalue weighted by molar-refractivity contribution is 9.10. The number of carbonyl (C=O) groups excluding carboxylic acids is 1. The molecule has 0 atom stereocenters. The predicted octanol–water partition coefficient (Wildman–Crippen LogP) is 5.10. The van der Waals surface area contributed by atoms with E-state index in [-0.39, 0.29) is 26.5 Å². The molecule has 0 unspecified atom stereocenters. The summed E-state index contributed by atoms with van der Waals surface area (Å²) < 4.78 is 42.5. The van der Waals surface area contributed by atoms with E-state index in [1.165, 1.54) is 30.3 Å². The number of hydrogen-bond donors (Lipinski definition) is 1. The molecule has 2 aromatic rings. The zero-order valence-electron chi connectivity index (χ0n) is 10.7. The first kappa shape index (κ1) is 16.6. The predicted molar refractivity (Wildman–Crippen MR) is 80.1 cm³/mol. The Morgan fingerprint density at radius 3 is 2.64 bits per heavy atom. The van der Waals surface area contributed by atoms with Crippen molar-refractivity contribution in [3.8, 4) is 5.75 Å². The van der Waals surface area contributed by atoms with Crippen molar-refractivity contribution < 1.29 is 22.7 Å². The summed E-state index contributed by atoms with van der Waals surface area (Å²) in [5.74, 6) is -1.55. The highest BCUT2D eigenvalue weighted by Crippen LogP contribution is 2.37. The molecule has 22 heavy (non-hydrogen) atoms. The van der Waals surface area contributed by atoms with E-state index in [0.717, 1.165) is 6.07 Å². The third-order valence-corrected chi connectivity index (χ3v) is 3.36. The van der Waals surface area contributed by atoms with Gasteiger partial charge in [0.25, 0.3) is 5.91 Å². The Labute approximate surface area is 137 Å². The van der Waals surface area contributed by atoms with Crippen molar-refractivity contribution in [3.05, 3.63) is 57.3 Å². The van der Waals surface area contributed by atoms with Gasteiger partial charge in [-0.25, -0.2) is 4.39 Å². The molecule has 0 radical (unpaired) electrons. The van der Waals surface area contributed by atoms with Crippen LogP contribution in [0.5, 0.6) is 5.75 Å². The van der Waals surface area contributed by atoms with Gasteiger partial charge in [-0.3, -0.25) is 4.79 Å². The molecule has 0 aliphatic carbocycles. The van der Waals surface area contributed by atoms with Crippen LogP contribution in [-0.2, 0) is 0 Å². The van der Waals surface area contributed by atoms with Crippen LogP contribution in [0.25, 0.3) is 0 Å². The van der Waals surface area contributed by atoms with E-state index >= 15 is 0 Å². The lowest BCUT2D eigenvalue weighted by Gasteiger charge is -2.14. The lowest BCUT2D eigenvalue weighted by atomic mass is 10.2. The molecule has 0 heterocycles. The van der Waals surface area contributed by atoms with Crippen LogP contribution in [0.2, 0.25) is 5.02 Å². The zero-order chi connectivity index (χ0) is 16.3. The monoisotopic (exact) mass is 393 g/mol. The van der Waals surface area contributed by atoms with Crippen LogP contribution in [0, 0.1) is 5.82 Å². The van der Waals surface area contributed by atoms with Gasteiger partial charge in [0.15, 0.2) is 5.75 Å². The van der Waals surface area contributed by atoms with Crippen LogP contribution >= 0.6 is 27.5 Å². The largest absolute Gasteiger partial charge is 0.431 e. The van der Waals surface area contributed by atoms with Crippen molar-refractivity contribution >= 4 is 39.1 Å². The Morgan fingerprint density at radius 2 is 2.00 bits per heavy atom. The summed E-state index contributed by atoms with van der Waals surface area (Å²) in [5.41, 5.74) is -0.0342. The highest BCUT2D eigenvalue weighted by Gasteiger charge is 2.17. The minimum absolute atomic E-state index is 0.0269. The molecule has 0 fully saturated rings. The van der Waals surface area contributed by atoms with Crippen LogP contribution in [0.15, 0.2) is 40.9 Å². The van der Waals surface area contributed by atoms with E-state index in [0.29, 0.717) is 0 Å². The molecule has 0 spiro atoms. The SMILES string of the molecule is O=C(Nc1cc(Cl)cc(Br)c1OC(F)F)c1cccc(F)c1. The van der Waals surface area contributed by atoms with Gasteiger partial charge < -0.3 is 10.1 Å². The number of alkyl halides is 2. The topological polar surface area (TPSA) is 38.3 Å². The van der Waals surface area contributed by atoms with E-state index in [9.17, 15) is 18.0 Å². The summed E-state index contributed by atoms with van der Waals surface area (Å²) in [6.07, 6.45) is 0. The van der Waals surface area contributed by atoms with Crippen LogP contribution in [0.3, 0.4) is 0 Å². The first-order chi connectivity index (χ1) is 10.4. The molecule has 0 aliphatic heterocycles. The van der Waals surface area contributed by atoms with Crippen molar-refractivity contribution in [2.45, 2.75) is 6.61 Å². The number of amides is 1. The van der Waals surface area contributed by atoms with Crippen molar-refractivity contribution in [2.24, 2.45) is 0 Å². The number of anilines is 1. The summed E-state index contributed by atoms with van der Waals surface area (Å²) in [6, 6.07) is 7.53. The number of rotatable bonds is 4. The second-order valence-electron chi connectivity index (χ2n) is 4.11. The quantitative estimate of drug-likeness (QED) is 0.784. The Hall–Kier alpha value is -1.73. The van der Waals surface area contributed by atoms with Crippen LogP contribution in [0.4, 0.5) is 18.9 Å². The standard InChI is InChI=1S/C14H8BrClF3NO2/c15-10-5-8(16)6-11(12(10)22-14(18)19)20-13(21)7-2-1-3-9(17)4-7/h1-6,14H,(H,20,21). The van der Waals surface area contributed by atoms with Crippen LogP contribution in [-0.4, -0.2) is 12.5 Å². The number of ether oxygens (including phenoxy) is 1. The summed E-state index contributed by atoms with van der Waals surface area (Å²) in [6.45, 7) is -3.08. The van der Waals surface area contributed by atoms with Gasteiger partial charge in [0.05, 0.1) is 10.2 Å². The summed E-state index contributed by atoms with van der Waals surface area (Å²) in [7, 11) is 0. The first-order valence-corrected chi connectivity index (χ1v) is 7.04. The summed E-state index contributed by atoms with van der Waals surface area (Å²) in [5, 5.41) is 2.56. The normalized spacial score (nSPS) is 10.6. The van der Waals surface area contributed by atoms with Crippen molar-refractivity contribution in [2.75, 3.05) is 5.32 Å². The Balaban J connectivity index is 2.34. The third kappa shape index (κ3) is 4.14. The molecule has 116 valence electrons. The maximum Gasteiger partial charge on any atom is 0.387 e. The van der Waals surface area contributed by atoms with Gasteiger partial charge >= 0.3 is 6.61 Å². The van der Waals surface area contributed by atoms with Crippen LogP contribution < -0.4 is 10.1 Å². The second-order valence-corrected chi connectivity index (χ2v) is 5.40. The first-order valence-electron chi connectivity index (χ1n) is 5.87. The third-order valence-electron chi connectivity index (χ3n) is 2.55. The second kappa shape index (κ2) is 7.02. The highest BCUT2D eigenvalue weighted by atomic mass is 79.9. The van der Waals surface area contributed by atoms with Gasteiger partial charge in [-0.05, 0) is 46.3 Å². The number of nitrogens with one attached hydrogen (secondary N) is 1. The molecule has 0 saturated heterocycles. The van der Waals surface area contributed by atoms with E-state index < -0.39 is 18.3 Å². The van der Waals surface area contributed by atoms with Gasteiger partial charge in [0, 0.05) is 10.6 Å². The van der Waals surface area contributed by atoms with Gasteiger partial charge in [-0.15, -0.1) is 0 Å². The average Bonchev–Trinajstić information content (AvgIpc) is 2.42. The molecule has 0 aliphatic rings. The van der Waals surface area contributed by atoms with E-state index in [1.807, 2.05) is 0 Å². The van der Waals surface area contributed by atoms with Gasteiger partial charge in [0.2, 0.25) is 0 Å². The lowest BCUT2D eigenvalue weighted by molar-refractivity contribution is -0.0498. The van der Waals surface area contributed by atoms with E-state index in [4.69, 9.17) is 11.6 Å². The molecule has 0 saturated carbocycles. The molecule has 0 aromatic heterocycles.